The first-order chi connectivity index (χ1) is 7.68. The fourth-order valence-electron chi connectivity index (χ4n) is 1.24. The number of hydrogen-bond donors (Lipinski definition) is 1. The van der Waals surface area contributed by atoms with Crippen molar-refractivity contribution in [2.24, 2.45) is 0 Å². The topological polar surface area (TPSA) is 74.8 Å². The molecule has 6 heteroatoms. The van der Waals surface area contributed by atoms with Crippen LogP contribution < -0.4 is 4.90 Å². The zero-order chi connectivity index (χ0) is 11.5. The van der Waals surface area contributed by atoms with Crippen LogP contribution in [0.5, 0.6) is 0 Å². The number of rotatable bonds is 2. The standard InChI is InChI=1S/C10H11N5O/c1-7-12-9(14-13-7)10(16)15(2)8-5-3-4-6-11-8/h3-6H,1-2H3,(H,12,13,14). The van der Waals surface area contributed by atoms with E-state index in [0.29, 0.717) is 11.6 Å². The Hall–Kier alpha value is -2.24. The van der Waals surface area contributed by atoms with Gasteiger partial charge in [-0.1, -0.05) is 6.07 Å². The maximum atomic E-state index is 11.9. The number of H-pyrrole nitrogens is 1. The summed E-state index contributed by atoms with van der Waals surface area (Å²) in [5.74, 6) is 1.03. The Labute approximate surface area is 92.3 Å². The molecule has 1 N–H and O–H groups in total. The van der Waals surface area contributed by atoms with E-state index in [0.717, 1.165) is 0 Å². The van der Waals surface area contributed by atoms with Gasteiger partial charge in [-0.2, -0.15) is 0 Å². The molecule has 0 bridgehead atoms. The van der Waals surface area contributed by atoms with Gasteiger partial charge in [0.2, 0.25) is 5.82 Å². The normalized spacial score (nSPS) is 10.1. The van der Waals surface area contributed by atoms with E-state index in [1.165, 1.54) is 4.90 Å². The molecular formula is C10H11N5O. The molecule has 0 unspecified atom stereocenters. The number of amides is 1. The van der Waals surface area contributed by atoms with E-state index >= 15 is 0 Å². The monoisotopic (exact) mass is 217 g/mol. The van der Waals surface area contributed by atoms with Crippen LogP contribution in [0.2, 0.25) is 0 Å². The van der Waals surface area contributed by atoms with Gasteiger partial charge in [-0.05, 0) is 19.1 Å². The van der Waals surface area contributed by atoms with Crippen molar-refractivity contribution in [1.29, 1.82) is 0 Å². The Morgan fingerprint density at radius 2 is 2.25 bits per heavy atom. The Balaban J connectivity index is 2.23. The van der Waals surface area contributed by atoms with E-state index < -0.39 is 0 Å². The van der Waals surface area contributed by atoms with Crippen LogP contribution in [0.3, 0.4) is 0 Å². The summed E-state index contributed by atoms with van der Waals surface area (Å²) in [6.07, 6.45) is 1.63. The van der Waals surface area contributed by atoms with E-state index in [9.17, 15) is 4.79 Å². The number of aromatic amines is 1. The summed E-state index contributed by atoms with van der Waals surface area (Å²) in [6.45, 7) is 1.74. The molecule has 2 aromatic rings. The van der Waals surface area contributed by atoms with Gasteiger partial charge in [0.1, 0.15) is 11.6 Å². The Morgan fingerprint density at radius 3 is 2.81 bits per heavy atom. The number of pyridine rings is 1. The van der Waals surface area contributed by atoms with Crippen LogP contribution in [0.4, 0.5) is 5.82 Å². The zero-order valence-electron chi connectivity index (χ0n) is 9.01. The molecule has 0 aromatic carbocycles. The van der Waals surface area contributed by atoms with E-state index in [1.54, 1.807) is 32.3 Å². The number of nitrogens with zero attached hydrogens (tertiary/aromatic N) is 4. The first-order valence-corrected chi connectivity index (χ1v) is 4.76. The average molecular weight is 217 g/mol. The van der Waals surface area contributed by atoms with Crippen LogP contribution in [0.25, 0.3) is 0 Å². The lowest BCUT2D eigenvalue weighted by atomic mass is 10.4. The molecule has 0 spiro atoms. The van der Waals surface area contributed by atoms with Crippen LogP contribution in [-0.4, -0.2) is 33.1 Å². The van der Waals surface area contributed by atoms with Crippen molar-refractivity contribution < 1.29 is 4.79 Å². The summed E-state index contributed by atoms with van der Waals surface area (Å²) < 4.78 is 0. The van der Waals surface area contributed by atoms with Gasteiger partial charge >= 0.3 is 0 Å². The minimum Gasteiger partial charge on any atom is -0.293 e. The molecule has 2 rings (SSSR count). The summed E-state index contributed by atoms with van der Waals surface area (Å²) >= 11 is 0. The minimum atomic E-state index is -0.289. The smallest absolute Gasteiger partial charge is 0.293 e. The molecule has 0 radical (unpaired) electrons. The minimum absolute atomic E-state index is 0.144. The first-order valence-electron chi connectivity index (χ1n) is 4.76. The second-order valence-corrected chi connectivity index (χ2v) is 3.30. The number of anilines is 1. The Kier molecular flexibility index (Phi) is 2.63. The number of carbonyl (C=O) groups excluding carboxylic acids is 1. The predicted molar refractivity (Wildman–Crippen MR) is 58.1 cm³/mol. The lowest BCUT2D eigenvalue weighted by Crippen LogP contribution is -2.28. The van der Waals surface area contributed by atoms with Crippen LogP contribution in [0.15, 0.2) is 24.4 Å². The number of hydrogen-bond acceptors (Lipinski definition) is 4. The van der Waals surface area contributed by atoms with Crippen molar-refractivity contribution in [1.82, 2.24) is 20.2 Å². The molecule has 2 aromatic heterocycles. The number of aromatic nitrogens is 4. The summed E-state index contributed by atoms with van der Waals surface area (Å²) in [5, 5.41) is 6.43. The number of nitrogens with one attached hydrogen (secondary N) is 1. The lowest BCUT2D eigenvalue weighted by molar-refractivity contribution is 0.0982. The molecule has 0 atom stereocenters. The van der Waals surface area contributed by atoms with Gasteiger partial charge in [-0.15, -0.1) is 5.10 Å². The molecular weight excluding hydrogens is 206 g/mol. The lowest BCUT2D eigenvalue weighted by Gasteiger charge is -2.13. The molecule has 0 aliphatic carbocycles. The zero-order valence-corrected chi connectivity index (χ0v) is 9.01. The Bertz CT molecular complexity index is 493. The van der Waals surface area contributed by atoms with Gasteiger partial charge < -0.3 is 0 Å². The molecule has 6 nitrogen and oxygen atoms in total. The van der Waals surface area contributed by atoms with Crippen molar-refractivity contribution in [2.75, 3.05) is 11.9 Å². The molecule has 82 valence electrons. The molecule has 16 heavy (non-hydrogen) atoms. The predicted octanol–water partition coefficient (Wildman–Crippen LogP) is 0.785. The van der Waals surface area contributed by atoms with Crippen molar-refractivity contribution in [3.05, 3.63) is 36.0 Å². The number of aryl methyl sites for hydroxylation is 1. The molecule has 0 aliphatic rings. The van der Waals surface area contributed by atoms with Gasteiger partial charge in [0, 0.05) is 13.2 Å². The maximum Gasteiger partial charge on any atom is 0.298 e. The third kappa shape index (κ3) is 1.90. The molecule has 0 aliphatic heterocycles. The molecule has 1 amide bonds. The summed E-state index contributed by atoms with van der Waals surface area (Å²) in [6, 6.07) is 5.35. The van der Waals surface area contributed by atoms with Gasteiger partial charge in [-0.25, -0.2) is 9.97 Å². The molecule has 0 saturated carbocycles. The first kappa shape index (κ1) is 10.3. The van der Waals surface area contributed by atoms with E-state index in [-0.39, 0.29) is 11.7 Å². The largest absolute Gasteiger partial charge is 0.298 e. The van der Waals surface area contributed by atoms with Crippen molar-refractivity contribution in [2.45, 2.75) is 6.92 Å². The Morgan fingerprint density at radius 1 is 1.44 bits per heavy atom. The van der Waals surface area contributed by atoms with Crippen LogP contribution in [0.1, 0.15) is 16.4 Å². The second-order valence-electron chi connectivity index (χ2n) is 3.30. The van der Waals surface area contributed by atoms with Crippen molar-refractivity contribution >= 4 is 11.7 Å². The summed E-state index contributed by atoms with van der Waals surface area (Å²) in [4.78, 5) is 21.3. The summed E-state index contributed by atoms with van der Waals surface area (Å²) in [7, 11) is 1.64. The fourth-order valence-corrected chi connectivity index (χ4v) is 1.24. The second kappa shape index (κ2) is 4.09. The van der Waals surface area contributed by atoms with Crippen molar-refractivity contribution in [3.8, 4) is 0 Å². The number of carbonyl (C=O) groups is 1. The van der Waals surface area contributed by atoms with Gasteiger partial charge in [0.15, 0.2) is 0 Å². The van der Waals surface area contributed by atoms with Gasteiger partial charge in [0.05, 0.1) is 0 Å². The van der Waals surface area contributed by atoms with Crippen molar-refractivity contribution in [3.63, 3.8) is 0 Å². The van der Waals surface area contributed by atoms with Crippen LogP contribution in [-0.2, 0) is 0 Å². The highest BCUT2D eigenvalue weighted by Crippen LogP contribution is 2.09. The fraction of sp³-hybridized carbons (Fsp3) is 0.200. The van der Waals surface area contributed by atoms with E-state index in [4.69, 9.17) is 0 Å². The third-order valence-corrected chi connectivity index (χ3v) is 2.09. The third-order valence-electron chi connectivity index (χ3n) is 2.09. The van der Waals surface area contributed by atoms with Gasteiger partial charge in [-0.3, -0.25) is 14.8 Å². The quantitative estimate of drug-likeness (QED) is 0.806. The van der Waals surface area contributed by atoms with Crippen LogP contribution >= 0.6 is 0 Å². The molecule has 0 fully saturated rings. The highest BCUT2D eigenvalue weighted by molar-refractivity contribution is 6.02. The van der Waals surface area contributed by atoms with E-state index in [2.05, 4.69) is 20.2 Å². The molecule has 0 saturated heterocycles. The van der Waals surface area contributed by atoms with E-state index in [1.807, 2.05) is 6.07 Å². The highest BCUT2D eigenvalue weighted by Gasteiger charge is 2.18. The average Bonchev–Trinajstić information content (AvgIpc) is 2.75. The van der Waals surface area contributed by atoms with Gasteiger partial charge in [0.25, 0.3) is 5.91 Å². The molecule has 2 heterocycles. The SMILES string of the molecule is Cc1nc(C(=O)N(C)c2ccccn2)n[nH]1. The highest BCUT2D eigenvalue weighted by atomic mass is 16.2. The summed E-state index contributed by atoms with van der Waals surface area (Å²) in [5.41, 5.74) is 0. The maximum absolute atomic E-state index is 11.9. The van der Waals surface area contributed by atoms with Crippen LogP contribution in [0, 0.1) is 6.92 Å².